The number of pyridine rings is 1. The molecule has 4 N–H and O–H groups in total. The maximum Gasteiger partial charge on any atom is 0.166 e. The van der Waals surface area contributed by atoms with Gasteiger partial charge in [0, 0.05) is 6.04 Å². The number of hydrogen-bond acceptors (Lipinski definition) is 4. The molecule has 0 aromatic carbocycles. The largest absolute Gasteiger partial charge is 0.382 e. The van der Waals surface area contributed by atoms with Crippen LogP contribution >= 0.6 is 0 Å². The molecule has 5 nitrogen and oxygen atoms in total. The van der Waals surface area contributed by atoms with Crippen molar-refractivity contribution in [2.24, 2.45) is 11.8 Å². The van der Waals surface area contributed by atoms with Crippen molar-refractivity contribution in [1.82, 2.24) is 15.2 Å². The molecule has 2 aliphatic rings. The molecule has 19 heavy (non-hydrogen) atoms. The molecule has 2 aromatic rings. The molecule has 2 aliphatic carbocycles. The smallest absolute Gasteiger partial charge is 0.166 e. The van der Waals surface area contributed by atoms with E-state index in [1.165, 1.54) is 25.3 Å². The Morgan fingerprint density at radius 2 is 2.26 bits per heavy atom. The molecular formula is C13H16FN5. The van der Waals surface area contributed by atoms with E-state index in [9.17, 15) is 4.39 Å². The Hall–Kier alpha value is -1.85. The van der Waals surface area contributed by atoms with Crippen LogP contribution in [0, 0.1) is 17.7 Å². The molecule has 2 fully saturated rings. The molecule has 100 valence electrons. The van der Waals surface area contributed by atoms with E-state index in [-0.39, 0.29) is 11.6 Å². The number of aromatic nitrogens is 3. The van der Waals surface area contributed by atoms with Gasteiger partial charge in [-0.25, -0.2) is 9.37 Å². The zero-order valence-electron chi connectivity index (χ0n) is 10.5. The van der Waals surface area contributed by atoms with E-state index in [1.807, 2.05) is 0 Å². The van der Waals surface area contributed by atoms with Crippen LogP contribution in [0.5, 0.6) is 0 Å². The minimum absolute atomic E-state index is 0.285. The van der Waals surface area contributed by atoms with Gasteiger partial charge in [0.15, 0.2) is 23.1 Å². The summed E-state index contributed by atoms with van der Waals surface area (Å²) in [7, 11) is 0. The van der Waals surface area contributed by atoms with Gasteiger partial charge in [0.1, 0.15) is 0 Å². The van der Waals surface area contributed by atoms with E-state index in [1.54, 1.807) is 0 Å². The molecule has 4 rings (SSSR count). The van der Waals surface area contributed by atoms with Crippen LogP contribution in [0.25, 0.3) is 11.0 Å². The summed E-state index contributed by atoms with van der Waals surface area (Å²) < 4.78 is 14.1. The van der Waals surface area contributed by atoms with Gasteiger partial charge in [0.25, 0.3) is 0 Å². The molecule has 6 heteroatoms. The maximum absolute atomic E-state index is 14.1. The fraction of sp³-hybridized carbons (Fsp3) is 0.538. The van der Waals surface area contributed by atoms with Crippen molar-refractivity contribution in [2.45, 2.75) is 31.7 Å². The number of aromatic amines is 1. The summed E-state index contributed by atoms with van der Waals surface area (Å²) in [4.78, 5) is 4.26. The van der Waals surface area contributed by atoms with Crippen LogP contribution in [0.4, 0.5) is 16.0 Å². The minimum atomic E-state index is -0.358. The number of hydrogen-bond donors (Lipinski definition) is 3. The fourth-order valence-corrected chi connectivity index (χ4v) is 3.64. The number of anilines is 2. The summed E-state index contributed by atoms with van der Waals surface area (Å²) in [5.41, 5.74) is 6.17. The first-order valence-electron chi connectivity index (χ1n) is 6.77. The molecule has 2 heterocycles. The lowest BCUT2D eigenvalue weighted by molar-refractivity contribution is 0.437. The Morgan fingerprint density at radius 1 is 1.37 bits per heavy atom. The van der Waals surface area contributed by atoms with Crippen molar-refractivity contribution < 1.29 is 4.39 Å². The van der Waals surface area contributed by atoms with E-state index < -0.39 is 0 Å². The summed E-state index contributed by atoms with van der Waals surface area (Å²) in [5.74, 6) is 1.73. The SMILES string of the molecule is Nc1n[nH]c2nc(NC3CC4CCC3C4)c(F)cc12. The average molecular weight is 261 g/mol. The molecule has 0 radical (unpaired) electrons. The average Bonchev–Trinajstić information content (AvgIpc) is 3.08. The van der Waals surface area contributed by atoms with Crippen LogP contribution < -0.4 is 11.1 Å². The highest BCUT2D eigenvalue weighted by molar-refractivity contribution is 5.86. The second-order valence-corrected chi connectivity index (χ2v) is 5.75. The molecule has 0 saturated heterocycles. The number of nitrogen functional groups attached to an aromatic ring is 1. The number of nitrogens with zero attached hydrogens (tertiary/aromatic N) is 2. The molecular weight excluding hydrogens is 245 g/mol. The van der Waals surface area contributed by atoms with Crippen LogP contribution in [0.3, 0.4) is 0 Å². The zero-order valence-corrected chi connectivity index (χ0v) is 10.5. The Kier molecular flexibility index (Phi) is 2.22. The predicted octanol–water partition coefficient (Wildman–Crippen LogP) is 2.28. The topological polar surface area (TPSA) is 79.6 Å². The van der Waals surface area contributed by atoms with Gasteiger partial charge in [0.05, 0.1) is 5.39 Å². The van der Waals surface area contributed by atoms with Crippen LogP contribution in [-0.4, -0.2) is 21.2 Å². The standard InChI is InChI=1S/C13H16FN5/c14-9-5-8-11(15)18-19-12(8)17-13(9)16-10-4-6-1-2-7(10)3-6/h5-7,10H,1-4H2,(H4,15,16,17,18,19). The number of fused-ring (bicyclic) bond motifs is 3. The number of H-pyrrole nitrogens is 1. The molecule has 3 unspecified atom stereocenters. The lowest BCUT2D eigenvalue weighted by Crippen LogP contribution is -2.26. The predicted molar refractivity (Wildman–Crippen MR) is 71.1 cm³/mol. The van der Waals surface area contributed by atoms with Crippen LogP contribution in [0.15, 0.2) is 6.07 Å². The minimum Gasteiger partial charge on any atom is -0.382 e. The van der Waals surface area contributed by atoms with Gasteiger partial charge in [-0.15, -0.1) is 0 Å². The number of nitrogens with two attached hydrogens (primary N) is 1. The van der Waals surface area contributed by atoms with Crippen molar-refractivity contribution in [1.29, 1.82) is 0 Å². The normalized spacial score (nSPS) is 29.2. The third kappa shape index (κ3) is 1.66. The van der Waals surface area contributed by atoms with Gasteiger partial charge in [-0.3, -0.25) is 5.10 Å². The third-order valence-corrected chi connectivity index (χ3v) is 4.59. The molecule has 2 aromatic heterocycles. The van der Waals surface area contributed by atoms with Crippen LogP contribution in [0.1, 0.15) is 25.7 Å². The molecule has 0 aliphatic heterocycles. The van der Waals surface area contributed by atoms with Gasteiger partial charge < -0.3 is 11.1 Å². The summed E-state index contributed by atoms with van der Waals surface area (Å²) in [6.07, 6.45) is 4.99. The van der Waals surface area contributed by atoms with Crippen LogP contribution in [-0.2, 0) is 0 Å². The Morgan fingerprint density at radius 3 is 3.00 bits per heavy atom. The van der Waals surface area contributed by atoms with Gasteiger partial charge in [0.2, 0.25) is 0 Å². The lowest BCUT2D eigenvalue weighted by Gasteiger charge is -2.23. The van der Waals surface area contributed by atoms with Gasteiger partial charge in [-0.2, -0.15) is 5.10 Å². The van der Waals surface area contributed by atoms with E-state index in [4.69, 9.17) is 5.73 Å². The highest BCUT2D eigenvalue weighted by atomic mass is 19.1. The molecule has 0 amide bonds. The van der Waals surface area contributed by atoms with E-state index >= 15 is 0 Å². The Labute approximate surface area is 109 Å². The number of halogens is 1. The third-order valence-electron chi connectivity index (χ3n) is 4.59. The number of nitrogens with one attached hydrogen (secondary N) is 2. The second kappa shape index (κ2) is 3.82. The van der Waals surface area contributed by atoms with E-state index in [0.717, 1.165) is 12.3 Å². The van der Waals surface area contributed by atoms with Crippen molar-refractivity contribution in [2.75, 3.05) is 11.1 Å². The first kappa shape index (κ1) is 11.0. The summed E-state index contributed by atoms with van der Waals surface area (Å²) in [6, 6.07) is 1.76. The van der Waals surface area contributed by atoms with Crippen molar-refractivity contribution in [3.63, 3.8) is 0 Å². The fourth-order valence-electron chi connectivity index (χ4n) is 3.64. The lowest BCUT2D eigenvalue weighted by atomic mass is 9.95. The monoisotopic (exact) mass is 261 g/mol. The van der Waals surface area contributed by atoms with E-state index in [0.29, 0.717) is 28.8 Å². The number of rotatable bonds is 2. The first-order chi connectivity index (χ1) is 9.20. The summed E-state index contributed by atoms with van der Waals surface area (Å²) >= 11 is 0. The molecule has 2 bridgehead atoms. The maximum atomic E-state index is 14.1. The van der Waals surface area contributed by atoms with Gasteiger partial charge in [-0.05, 0) is 37.2 Å². The summed E-state index contributed by atoms with van der Waals surface area (Å²) in [5, 5.41) is 10.4. The van der Waals surface area contributed by atoms with Gasteiger partial charge in [-0.1, -0.05) is 6.42 Å². The quantitative estimate of drug-likeness (QED) is 0.774. The summed E-state index contributed by atoms with van der Waals surface area (Å²) in [6.45, 7) is 0. The Balaban J connectivity index is 1.65. The van der Waals surface area contributed by atoms with Gasteiger partial charge >= 0.3 is 0 Å². The highest BCUT2D eigenvalue weighted by Crippen LogP contribution is 2.45. The Bertz CT molecular complexity index is 637. The van der Waals surface area contributed by atoms with Crippen molar-refractivity contribution in [3.8, 4) is 0 Å². The van der Waals surface area contributed by atoms with E-state index in [2.05, 4.69) is 20.5 Å². The molecule has 0 spiro atoms. The van der Waals surface area contributed by atoms with Crippen molar-refractivity contribution in [3.05, 3.63) is 11.9 Å². The molecule has 2 saturated carbocycles. The molecule has 3 atom stereocenters. The van der Waals surface area contributed by atoms with Crippen LogP contribution in [0.2, 0.25) is 0 Å². The highest BCUT2D eigenvalue weighted by Gasteiger charge is 2.39. The second-order valence-electron chi connectivity index (χ2n) is 5.75. The van der Waals surface area contributed by atoms with Crippen molar-refractivity contribution >= 4 is 22.7 Å². The zero-order chi connectivity index (χ0) is 13.0. The first-order valence-corrected chi connectivity index (χ1v) is 6.77.